The van der Waals surface area contributed by atoms with E-state index in [4.69, 9.17) is 18.9 Å². The largest absolute Gasteiger partial charge is 0.462 e. The molecule has 2 saturated heterocycles. The van der Waals surface area contributed by atoms with E-state index < -0.39 is 36.8 Å². The Morgan fingerprint density at radius 3 is 2.37 bits per heavy atom. The lowest BCUT2D eigenvalue weighted by Gasteiger charge is -2.45. The fraction of sp³-hybridized carbons (Fsp3) is 0.556. The zero-order valence-corrected chi connectivity index (χ0v) is 20.3. The second-order valence-electron chi connectivity index (χ2n) is 9.54. The van der Waals surface area contributed by atoms with Crippen molar-refractivity contribution in [1.82, 2.24) is 0 Å². The van der Waals surface area contributed by atoms with Gasteiger partial charge in [0.05, 0.1) is 13.2 Å². The van der Waals surface area contributed by atoms with Crippen LogP contribution in [0.2, 0.25) is 0 Å². The summed E-state index contributed by atoms with van der Waals surface area (Å²) in [7, 11) is 0. The van der Waals surface area contributed by atoms with Gasteiger partial charge in [-0.25, -0.2) is 0 Å². The van der Waals surface area contributed by atoms with Crippen LogP contribution < -0.4 is 4.74 Å². The van der Waals surface area contributed by atoms with Crippen LogP contribution in [0.25, 0.3) is 0 Å². The van der Waals surface area contributed by atoms with Crippen LogP contribution in [0.3, 0.4) is 0 Å². The SMILES string of the molecule is CCc1ccc(Cc2ccc(COC3CCCO3)cc2O[C@H]2O[C@](C)(CO)[C@@H](O)[C@H](O)[C@H]2O)cc1. The molecule has 4 rings (SSSR count). The average molecular weight is 489 g/mol. The summed E-state index contributed by atoms with van der Waals surface area (Å²) >= 11 is 0. The molecule has 6 atom stereocenters. The predicted octanol–water partition coefficient (Wildman–Crippen LogP) is 2.06. The second-order valence-corrected chi connectivity index (χ2v) is 9.54. The maximum Gasteiger partial charge on any atom is 0.229 e. The van der Waals surface area contributed by atoms with E-state index >= 15 is 0 Å². The number of aliphatic hydroxyl groups excluding tert-OH is 4. The quantitative estimate of drug-likeness (QED) is 0.424. The van der Waals surface area contributed by atoms with Gasteiger partial charge in [-0.3, -0.25) is 0 Å². The van der Waals surface area contributed by atoms with Gasteiger partial charge in [-0.15, -0.1) is 0 Å². The molecule has 2 aromatic rings. The highest BCUT2D eigenvalue weighted by Crippen LogP contribution is 2.33. The van der Waals surface area contributed by atoms with Gasteiger partial charge in [0, 0.05) is 19.4 Å². The smallest absolute Gasteiger partial charge is 0.229 e. The minimum atomic E-state index is -1.54. The molecular formula is C27H36O8. The molecule has 0 saturated carbocycles. The summed E-state index contributed by atoms with van der Waals surface area (Å²) in [5.41, 5.74) is 2.58. The zero-order valence-electron chi connectivity index (χ0n) is 20.3. The summed E-state index contributed by atoms with van der Waals surface area (Å²) in [6.45, 7) is 4.05. The molecule has 192 valence electrons. The summed E-state index contributed by atoms with van der Waals surface area (Å²) in [6.07, 6.45) is -2.65. The number of aryl methyl sites for hydroxylation is 1. The number of rotatable bonds is 9. The van der Waals surface area contributed by atoms with E-state index in [1.165, 1.54) is 12.5 Å². The van der Waals surface area contributed by atoms with Crippen molar-refractivity contribution in [2.75, 3.05) is 13.2 Å². The number of ether oxygens (including phenoxy) is 4. The van der Waals surface area contributed by atoms with Crippen molar-refractivity contribution in [2.24, 2.45) is 0 Å². The Kier molecular flexibility index (Phi) is 8.44. The minimum absolute atomic E-state index is 0.221. The third-order valence-corrected chi connectivity index (χ3v) is 6.80. The Morgan fingerprint density at radius 1 is 1.00 bits per heavy atom. The van der Waals surface area contributed by atoms with Gasteiger partial charge in [0.25, 0.3) is 0 Å². The van der Waals surface area contributed by atoms with E-state index in [1.54, 1.807) is 0 Å². The van der Waals surface area contributed by atoms with Crippen molar-refractivity contribution in [3.63, 3.8) is 0 Å². The highest BCUT2D eigenvalue weighted by atomic mass is 16.7. The molecule has 0 amide bonds. The zero-order chi connectivity index (χ0) is 25.0. The van der Waals surface area contributed by atoms with Crippen molar-refractivity contribution in [3.8, 4) is 5.75 Å². The van der Waals surface area contributed by atoms with E-state index in [0.717, 1.165) is 36.0 Å². The normalized spacial score (nSPS) is 31.0. The molecule has 4 N–H and O–H groups in total. The highest BCUT2D eigenvalue weighted by molar-refractivity contribution is 5.41. The van der Waals surface area contributed by atoms with E-state index in [1.807, 2.05) is 18.2 Å². The molecule has 8 nitrogen and oxygen atoms in total. The fourth-order valence-electron chi connectivity index (χ4n) is 4.39. The van der Waals surface area contributed by atoms with Crippen LogP contribution in [0.5, 0.6) is 5.75 Å². The molecule has 0 spiro atoms. The lowest BCUT2D eigenvalue weighted by Crippen LogP contribution is -2.65. The first-order valence-electron chi connectivity index (χ1n) is 12.3. The van der Waals surface area contributed by atoms with Crippen LogP contribution in [0, 0.1) is 0 Å². The molecule has 2 aromatic carbocycles. The summed E-state index contributed by atoms with van der Waals surface area (Å²) in [5.74, 6) is 0.464. The summed E-state index contributed by atoms with van der Waals surface area (Å²) in [5, 5.41) is 41.0. The van der Waals surface area contributed by atoms with Gasteiger partial charge in [-0.2, -0.15) is 0 Å². The van der Waals surface area contributed by atoms with E-state index in [-0.39, 0.29) is 6.29 Å². The molecular weight excluding hydrogens is 452 g/mol. The molecule has 0 radical (unpaired) electrons. The summed E-state index contributed by atoms with van der Waals surface area (Å²) in [6, 6.07) is 14.1. The molecule has 0 aliphatic carbocycles. The van der Waals surface area contributed by atoms with Gasteiger partial charge >= 0.3 is 0 Å². The van der Waals surface area contributed by atoms with Crippen molar-refractivity contribution >= 4 is 0 Å². The lowest BCUT2D eigenvalue weighted by atomic mass is 9.89. The van der Waals surface area contributed by atoms with Crippen LogP contribution >= 0.6 is 0 Å². The van der Waals surface area contributed by atoms with Gasteiger partial charge < -0.3 is 39.4 Å². The van der Waals surface area contributed by atoms with Crippen LogP contribution in [0.1, 0.15) is 48.9 Å². The molecule has 0 aromatic heterocycles. The Balaban J connectivity index is 1.58. The molecule has 2 fully saturated rings. The van der Waals surface area contributed by atoms with Crippen LogP contribution in [-0.2, 0) is 33.7 Å². The van der Waals surface area contributed by atoms with Crippen molar-refractivity contribution < 1.29 is 39.4 Å². The second kappa shape index (κ2) is 11.3. The summed E-state index contributed by atoms with van der Waals surface area (Å²) in [4.78, 5) is 0. The first-order valence-corrected chi connectivity index (χ1v) is 12.3. The first kappa shape index (κ1) is 26.0. The number of hydrogen-bond acceptors (Lipinski definition) is 8. The Bertz CT molecular complexity index is 958. The monoisotopic (exact) mass is 488 g/mol. The predicted molar refractivity (Wildman–Crippen MR) is 128 cm³/mol. The first-order chi connectivity index (χ1) is 16.8. The topological polar surface area (TPSA) is 118 Å². The van der Waals surface area contributed by atoms with Crippen molar-refractivity contribution in [2.45, 2.75) is 82.6 Å². The Labute approximate surface area is 206 Å². The van der Waals surface area contributed by atoms with E-state index in [9.17, 15) is 20.4 Å². The van der Waals surface area contributed by atoms with Crippen molar-refractivity contribution in [1.29, 1.82) is 0 Å². The molecule has 2 heterocycles. The van der Waals surface area contributed by atoms with Gasteiger partial charge in [-0.1, -0.05) is 43.3 Å². The maximum atomic E-state index is 10.6. The molecule has 35 heavy (non-hydrogen) atoms. The third kappa shape index (κ3) is 6.03. The highest BCUT2D eigenvalue weighted by Gasteiger charge is 2.51. The van der Waals surface area contributed by atoms with Gasteiger partial charge in [0.15, 0.2) is 6.29 Å². The maximum absolute atomic E-state index is 10.6. The lowest BCUT2D eigenvalue weighted by molar-refractivity contribution is -0.313. The Morgan fingerprint density at radius 2 is 1.71 bits per heavy atom. The van der Waals surface area contributed by atoms with Crippen molar-refractivity contribution in [3.05, 3.63) is 64.7 Å². The number of hydrogen-bond donors (Lipinski definition) is 4. The Hall–Kier alpha value is -2.04. The standard InChI is InChI=1S/C27H36O8/c1-3-17-6-8-18(9-7-17)13-20-11-10-19(15-33-22-5-4-12-32-22)14-21(20)34-26-24(30)23(29)25(31)27(2,16-28)35-26/h6-11,14,22-26,28-31H,3-5,12-13,15-16H2,1-2H3/t22?,23-,24-,25+,26+,27-/m1/s1. The molecule has 0 bridgehead atoms. The van der Waals surface area contributed by atoms with Gasteiger partial charge in [-0.05, 0) is 48.1 Å². The molecule has 1 unspecified atom stereocenters. The number of benzene rings is 2. The molecule has 8 heteroatoms. The summed E-state index contributed by atoms with van der Waals surface area (Å²) < 4.78 is 23.3. The van der Waals surface area contributed by atoms with E-state index in [2.05, 4.69) is 31.2 Å². The fourth-order valence-corrected chi connectivity index (χ4v) is 4.39. The molecule has 2 aliphatic rings. The third-order valence-electron chi connectivity index (χ3n) is 6.80. The average Bonchev–Trinajstić information content (AvgIpc) is 3.40. The van der Waals surface area contributed by atoms with Crippen LogP contribution in [0.4, 0.5) is 0 Å². The number of aliphatic hydroxyl groups is 4. The van der Waals surface area contributed by atoms with Gasteiger partial charge in [0.2, 0.25) is 6.29 Å². The minimum Gasteiger partial charge on any atom is -0.462 e. The van der Waals surface area contributed by atoms with Crippen LogP contribution in [-0.4, -0.2) is 70.1 Å². The molecule has 2 aliphatic heterocycles. The van der Waals surface area contributed by atoms with E-state index in [0.29, 0.717) is 25.4 Å². The van der Waals surface area contributed by atoms with Gasteiger partial charge in [0.1, 0.15) is 29.7 Å². The van der Waals surface area contributed by atoms with Crippen LogP contribution in [0.15, 0.2) is 42.5 Å².